The summed E-state index contributed by atoms with van der Waals surface area (Å²) < 4.78 is 5.29. The number of methoxy groups -OCH3 is 1. The van der Waals surface area contributed by atoms with E-state index in [4.69, 9.17) is 10.00 Å². The summed E-state index contributed by atoms with van der Waals surface area (Å²) in [6.45, 7) is 8.18. The van der Waals surface area contributed by atoms with Gasteiger partial charge in [0, 0.05) is 19.6 Å². The lowest BCUT2D eigenvalue weighted by atomic mass is 9.99. The Hall–Kier alpha value is -0.590. The van der Waals surface area contributed by atoms with Crippen molar-refractivity contribution in [3.63, 3.8) is 0 Å². The van der Waals surface area contributed by atoms with Crippen LogP contribution in [0.2, 0.25) is 0 Å². The first-order valence-electron chi connectivity index (χ1n) is 5.16. The van der Waals surface area contributed by atoms with Crippen molar-refractivity contribution in [2.75, 3.05) is 7.11 Å². The van der Waals surface area contributed by atoms with Gasteiger partial charge < -0.3 is 4.74 Å². The minimum Gasteiger partial charge on any atom is -0.379 e. The molecule has 0 amide bonds. The van der Waals surface area contributed by atoms with Gasteiger partial charge in [0.05, 0.1) is 17.7 Å². The van der Waals surface area contributed by atoms with E-state index in [-0.39, 0.29) is 11.6 Å². The van der Waals surface area contributed by atoms with Crippen molar-refractivity contribution in [3.05, 3.63) is 0 Å². The average molecular weight is 198 g/mol. The van der Waals surface area contributed by atoms with Crippen LogP contribution >= 0.6 is 0 Å². The fourth-order valence-corrected chi connectivity index (χ4v) is 1.18. The molecular formula is C11H22N2O. The molecule has 0 bridgehead atoms. The molecule has 0 saturated carbocycles. The molecule has 0 radical (unpaired) electrons. The van der Waals surface area contributed by atoms with Gasteiger partial charge in [0.2, 0.25) is 0 Å². The van der Waals surface area contributed by atoms with E-state index in [2.05, 4.69) is 25.2 Å². The topological polar surface area (TPSA) is 45.0 Å². The predicted octanol–water partition coefficient (Wildman–Crippen LogP) is 2.08. The van der Waals surface area contributed by atoms with Crippen LogP contribution in [0, 0.1) is 11.3 Å². The molecule has 0 heterocycles. The summed E-state index contributed by atoms with van der Waals surface area (Å²) in [7, 11) is 1.68. The van der Waals surface area contributed by atoms with Crippen molar-refractivity contribution in [1.82, 2.24) is 5.32 Å². The first-order chi connectivity index (χ1) is 6.45. The number of hydrogen-bond donors (Lipinski definition) is 1. The number of nitriles is 1. The Balaban J connectivity index is 4.11. The third-order valence-corrected chi connectivity index (χ3v) is 2.50. The van der Waals surface area contributed by atoms with Gasteiger partial charge in [0.15, 0.2) is 0 Å². The summed E-state index contributed by atoms with van der Waals surface area (Å²) in [4.78, 5) is 0. The highest BCUT2D eigenvalue weighted by atomic mass is 16.5. The molecule has 14 heavy (non-hydrogen) atoms. The van der Waals surface area contributed by atoms with Crippen LogP contribution in [0.3, 0.4) is 0 Å². The Labute approximate surface area is 87.4 Å². The summed E-state index contributed by atoms with van der Waals surface area (Å²) in [5.74, 6) is 0. The maximum Gasteiger partial charge on any atom is 0.0982 e. The summed E-state index contributed by atoms with van der Waals surface area (Å²) in [6.07, 6.45) is 1.75. The standard InChI is InChI=1S/C11H22N2O/c1-6-9(2)13-10(8-12)7-11(3,4)14-5/h9-10,13H,6-7H2,1-5H3. The van der Waals surface area contributed by atoms with Crippen LogP contribution in [0.4, 0.5) is 0 Å². The van der Waals surface area contributed by atoms with Crippen molar-refractivity contribution < 1.29 is 4.74 Å². The van der Waals surface area contributed by atoms with Gasteiger partial charge >= 0.3 is 0 Å². The van der Waals surface area contributed by atoms with E-state index >= 15 is 0 Å². The number of nitrogens with zero attached hydrogens (tertiary/aromatic N) is 1. The first-order valence-corrected chi connectivity index (χ1v) is 5.16. The maximum absolute atomic E-state index is 8.96. The SMILES string of the molecule is CCC(C)NC(C#N)CC(C)(C)OC. The minimum atomic E-state index is -0.235. The fourth-order valence-electron chi connectivity index (χ4n) is 1.18. The monoisotopic (exact) mass is 198 g/mol. The van der Waals surface area contributed by atoms with Gasteiger partial charge in [0.1, 0.15) is 0 Å². The van der Waals surface area contributed by atoms with Gasteiger partial charge in [-0.05, 0) is 27.2 Å². The molecule has 1 N–H and O–H groups in total. The largest absolute Gasteiger partial charge is 0.379 e. The second-order valence-electron chi connectivity index (χ2n) is 4.33. The molecule has 0 aliphatic rings. The molecule has 3 nitrogen and oxygen atoms in total. The molecule has 2 atom stereocenters. The van der Waals surface area contributed by atoms with Crippen LogP contribution in [-0.2, 0) is 4.74 Å². The van der Waals surface area contributed by atoms with Crippen LogP contribution in [0.25, 0.3) is 0 Å². The summed E-state index contributed by atoms with van der Waals surface area (Å²) in [5.41, 5.74) is -0.235. The lowest BCUT2D eigenvalue weighted by molar-refractivity contribution is 0.0106. The van der Waals surface area contributed by atoms with Crippen molar-refractivity contribution >= 4 is 0 Å². The molecule has 0 spiro atoms. The Morgan fingerprint density at radius 3 is 2.43 bits per heavy atom. The highest BCUT2D eigenvalue weighted by Gasteiger charge is 2.23. The van der Waals surface area contributed by atoms with Gasteiger partial charge in [-0.1, -0.05) is 6.92 Å². The molecule has 0 aliphatic carbocycles. The first kappa shape index (κ1) is 13.4. The quantitative estimate of drug-likeness (QED) is 0.710. The normalized spacial score (nSPS) is 16.0. The second-order valence-corrected chi connectivity index (χ2v) is 4.33. The van der Waals surface area contributed by atoms with Gasteiger partial charge in [-0.2, -0.15) is 5.26 Å². The molecule has 0 aromatic heterocycles. The van der Waals surface area contributed by atoms with E-state index < -0.39 is 0 Å². The molecule has 0 rings (SSSR count). The van der Waals surface area contributed by atoms with E-state index in [1.807, 2.05) is 13.8 Å². The van der Waals surface area contributed by atoms with Crippen molar-refractivity contribution in [2.45, 2.75) is 58.2 Å². The number of ether oxygens (including phenoxy) is 1. The Bertz CT molecular complexity index is 196. The van der Waals surface area contributed by atoms with Crippen LogP contribution in [-0.4, -0.2) is 24.8 Å². The van der Waals surface area contributed by atoms with E-state index in [9.17, 15) is 0 Å². The Kier molecular flexibility index (Phi) is 5.75. The Morgan fingerprint density at radius 1 is 1.50 bits per heavy atom. The fraction of sp³-hybridized carbons (Fsp3) is 0.909. The smallest absolute Gasteiger partial charge is 0.0982 e. The molecule has 0 fully saturated rings. The van der Waals surface area contributed by atoms with Crippen LogP contribution in [0.1, 0.15) is 40.5 Å². The summed E-state index contributed by atoms with van der Waals surface area (Å²) in [5, 5.41) is 12.2. The van der Waals surface area contributed by atoms with Crippen LogP contribution in [0.15, 0.2) is 0 Å². The van der Waals surface area contributed by atoms with Crippen LogP contribution in [0.5, 0.6) is 0 Å². The average Bonchev–Trinajstić information content (AvgIpc) is 2.16. The van der Waals surface area contributed by atoms with Gasteiger partial charge in [-0.15, -0.1) is 0 Å². The zero-order valence-electron chi connectivity index (χ0n) is 9.92. The highest BCUT2D eigenvalue weighted by molar-refractivity contribution is 4.95. The molecule has 0 aliphatic heterocycles. The highest BCUT2D eigenvalue weighted by Crippen LogP contribution is 2.15. The molecular weight excluding hydrogens is 176 g/mol. The van der Waals surface area contributed by atoms with Crippen molar-refractivity contribution in [1.29, 1.82) is 5.26 Å². The summed E-state index contributed by atoms with van der Waals surface area (Å²) in [6, 6.07) is 2.52. The molecule has 2 unspecified atom stereocenters. The molecule has 0 aromatic carbocycles. The van der Waals surface area contributed by atoms with Gasteiger partial charge in [0.25, 0.3) is 0 Å². The minimum absolute atomic E-state index is 0.125. The van der Waals surface area contributed by atoms with E-state index in [1.165, 1.54) is 0 Å². The Morgan fingerprint density at radius 2 is 2.07 bits per heavy atom. The zero-order chi connectivity index (χ0) is 11.2. The zero-order valence-corrected chi connectivity index (χ0v) is 9.92. The van der Waals surface area contributed by atoms with Crippen LogP contribution < -0.4 is 5.32 Å². The van der Waals surface area contributed by atoms with Crippen molar-refractivity contribution in [2.24, 2.45) is 0 Å². The van der Waals surface area contributed by atoms with Crippen molar-refractivity contribution in [3.8, 4) is 6.07 Å². The van der Waals surface area contributed by atoms with Gasteiger partial charge in [-0.25, -0.2) is 0 Å². The molecule has 0 aromatic rings. The van der Waals surface area contributed by atoms with E-state index in [1.54, 1.807) is 7.11 Å². The maximum atomic E-state index is 8.96. The third kappa shape index (κ3) is 5.21. The molecule has 82 valence electrons. The number of hydrogen-bond acceptors (Lipinski definition) is 3. The second kappa shape index (κ2) is 6.00. The lowest BCUT2D eigenvalue weighted by Gasteiger charge is -2.27. The number of nitrogens with one attached hydrogen (secondary N) is 1. The predicted molar refractivity (Wildman–Crippen MR) is 58.0 cm³/mol. The third-order valence-electron chi connectivity index (χ3n) is 2.50. The van der Waals surface area contributed by atoms with Gasteiger partial charge in [-0.3, -0.25) is 5.32 Å². The lowest BCUT2D eigenvalue weighted by Crippen LogP contribution is -2.40. The van der Waals surface area contributed by atoms with E-state index in [0.29, 0.717) is 12.5 Å². The van der Waals surface area contributed by atoms with E-state index in [0.717, 1.165) is 6.42 Å². The molecule has 3 heteroatoms. The molecule has 0 saturated heterocycles. The number of rotatable bonds is 6. The summed E-state index contributed by atoms with van der Waals surface area (Å²) >= 11 is 0.